The Kier molecular flexibility index (Phi) is 7.95. The van der Waals surface area contributed by atoms with Crippen molar-refractivity contribution in [1.82, 2.24) is 19.6 Å². The summed E-state index contributed by atoms with van der Waals surface area (Å²) in [5, 5.41) is 0. The van der Waals surface area contributed by atoms with Gasteiger partial charge in [0.05, 0.1) is 20.2 Å². The van der Waals surface area contributed by atoms with Crippen molar-refractivity contribution >= 4 is 17.8 Å². The lowest BCUT2D eigenvalue weighted by molar-refractivity contribution is -0.135. The highest BCUT2D eigenvalue weighted by atomic mass is 16.5. The van der Waals surface area contributed by atoms with E-state index in [-0.39, 0.29) is 11.7 Å². The second-order valence-electron chi connectivity index (χ2n) is 9.13. The number of nitrogens with zero attached hydrogens (tertiary/aromatic N) is 4. The van der Waals surface area contributed by atoms with Crippen molar-refractivity contribution in [3.05, 3.63) is 35.9 Å². The molecule has 32 heavy (non-hydrogen) atoms. The summed E-state index contributed by atoms with van der Waals surface area (Å²) in [5.41, 5.74) is 0.982. The number of ketones is 1. The van der Waals surface area contributed by atoms with Gasteiger partial charge in [-0.15, -0.1) is 0 Å². The molecule has 1 aromatic carbocycles. The van der Waals surface area contributed by atoms with Gasteiger partial charge in [-0.25, -0.2) is 0 Å². The fourth-order valence-corrected chi connectivity index (χ4v) is 4.66. The number of piperazine rings is 2. The minimum Gasteiger partial charge on any atom is -0.497 e. The van der Waals surface area contributed by atoms with Crippen molar-refractivity contribution in [3.8, 4) is 5.75 Å². The summed E-state index contributed by atoms with van der Waals surface area (Å²) < 4.78 is 5.15. The fraction of sp³-hybridized carbons (Fsp3) is 0.600. The topological polar surface area (TPSA) is 56.3 Å². The van der Waals surface area contributed by atoms with Gasteiger partial charge in [-0.2, -0.15) is 0 Å². The van der Waals surface area contributed by atoms with E-state index in [4.69, 9.17) is 4.74 Å². The molecule has 2 aliphatic heterocycles. The van der Waals surface area contributed by atoms with Crippen molar-refractivity contribution < 1.29 is 14.3 Å². The predicted molar refractivity (Wildman–Crippen MR) is 126 cm³/mol. The number of amides is 1. The molecule has 2 saturated heterocycles. The van der Waals surface area contributed by atoms with Crippen LogP contribution in [0.1, 0.15) is 24.8 Å². The summed E-state index contributed by atoms with van der Waals surface area (Å²) >= 11 is 0. The summed E-state index contributed by atoms with van der Waals surface area (Å²) in [4.78, 5) is 34.1. The van der Waals surface area contributed by atoms with Crippen molar-refractivity contribution in [2.24, 2.45) is 0 Å². The Morgan fingerprint density at radius 2 is 1.53 bits per heavy atom. The van der Waals surface area contributed by atoms with Crippen LogP contribution in [0.5, 0.6) is 5.75 Å². The molecule has 3 aliphatic rings. The molecule has 1 aromatic rings. The molecule has 174 valence electrons. The number of methoxy groups -OCH3 is 1. The zero-order valence-electron chi connectivity index (χ0n) is 19.2. The third-order valence-corrected chi connectivity index (χ3v) is 7.04. The van der Waals surface area contributed by atoms with Gasteiger partial charge in [-0.1, -0.05) is 24.6 Å². The lowest BCUT2D eigenvalue weighted by atomic mass is 9.91. The Morgan fingerprint density at radius 3 is 2.09 bits per heavy atom. The predicted octanol–water partition coefficient (Wildman–Crippen LogP) is 1.59. The Morgan fingerprint density at radius 1 is 0.906 bits per heavy atom. The molecule has 1 saturated carbocycles. The summed E-state index contributed by atoms with van der Waals surface area (Å²) in [5.74, 6) is 1.17. The van der Waals surface area contributed by atoms with Gasteiger partial charge in [-0.05, 0) is 36.6 Å². The molecule has 0 bridgehead atoms. The number of rotatable bonds is 8. The van der Waals surface area contributed by atoms with Crippen LogP contribution in [0, 0.1) is 0 Å². The summed E-state index contributed by atoms with van der Waals surface area (Å²) in [6.45, 7) is 8.03. The van der Waals surface area contributed by atoms with E-state index in [1.165, 1.54) is 19.3 Å². The molecule has 0 radical (unpaired) electrons. The van der Waals surface area contributed by atoms with E-state index in [1.54, 1.807) is 13.2 Å². The lowest BCUT2D eigenvalue weighted by Gasteiger charge is -2.43. The minimum absolute atomic E-state index is 0.106. The molecule has 0 unspecified atom stereocenters. The highest BCUT2D eigenvalue weighted by molar-refractivity contribution is 5.95. The van der Waals surface area contributed by atoms with Gasteiger partial charge in [0.25, 0.3) is 0 Å². The van der Waals surface area contributed by atoms with E-state index < -0.39 is 0 Å². The SMILES string of the molecule is COc1ccc(/C=C/C(=O)CN2CCN(CC(=O)N3CCN(C4CCC4)CC3)CC2)cc1. The Bertz CT molecular complexity index is 790. The lowest BCUT2D eigenvalue weighted by Crippen LogP contribution is -2.56. The first-order valence-corrected chi connectivity index (χ1v) is 11.9. The summed E-state index contributed by atoms with van der Waals surface area (Å²) in [7, 11) is 1.64. The number of ether oxygens (including phenoxy) is 1. The maximum absolute atomic E-state index is 12.7. The molecule has 2 heterocycles. The first-order chi connectivity index (χ1) is 15.6. The van der Waals surface area contributed by atoms with Crippen LogP contribution in [-0.4, -0.2) is 110 Å². The molecule has 4 rings (SSSR count). The monoisotopic (exact) mass is 440 g/mol. The van der Waals surface area contributed by atoms with Gasteiger partial charge in [-0.3, -0.25) is 24.3 Å². The molecule has 7 nitrogen and oxygen atoms in total. The number of carbonyl (C=O) groups is 2. The molecular formula is C25H36N4O3. The van der Waals surface area contributed by atoms with Crippen molar-refractivity contribution in [1.29, 1.82) is 0 Å². The molecule has 0 atom stereocenters. The largest absolute Gasteiger partial charge is 0.497 e. The van der Waals surface area contributed by atoms with Crippen LogP contribution in [0.25, 0.3) is 6.08 Å². The normalized spacial score (nSPS) is 21.6. The summed E-state index contributed by atoms with van der Waals surface area (Å²) in [6, 6.07) is 8.42. The van der Waals surface area contributed by atoms with E-state index >= 15 is 0 Å². The van der Waals surface area contributed by atoms with Crippen molar-refractivity contribution in [2.45, 2.75) is 25.3 Å². The maximum atomic E-state index is 12.7. The standard InChI is InChI=1S/C25H36N4O3/c1-32-24-9-6-21(7-10-24)5-8-23(30)19-26-11-13-27(14-12-26)20-25(31)29-17-15-28(16-18-29)22-3-2-4-22/h5-10,22H,2-4,11-20H2,1H3/b8-5+. The van der Waals surface area contributed by atoms with Crippen molar-refractivity contribution in [2.75, 3.05) is 72.6 Å². The average molecular weight is 441 g/mol. The molecule has 0 N–H and O–H groups in total. The van der Waals surface area contributed by atoms with E-state index in [2.05, 4.69) is 14.7 Å². The Balaban J connectivity index is 1.13. The first kappa shape index (κ1) is 23.0. The Labute approximate surface area is 191 Å². The second kappa shape index (κ2) is 11.1. The molecule has 0 aromatic heterocycles. The summed E-state index contributed by atoms with van der Waals surface area (Å²) in [6.07, 6.45) is 7.53. The van der Waals surface area contributed by atoms with Crippen LogP contribution in [-0.2, 0) is 9.59 Å². The third kappa shape index (κ3) is 6.18. The smallest absolute Gasteiger partial charge is 0.236 e. The number of benzene rings is 1. The second-order valence-corrected chi connectivity index (χ2v) is 9.13. The fourth-order valence-electron chi connectivity index (χ4n) is 4.66. The molecular weight excluding hydrogens is 404 g/mol. The quantitative estimate of drug-likeness (QED) is 0.573. The minimum atomic E-state index is 0.106. The van der Waals surface area contributed by atoms with E-state index in [0.29, 0.717) is 13.1 Å². The van der Waals surface area contributed by atoms with Gasteiger partial charge in [0, 0.05) is 58.4 Å². The first-order valence-electron chi connectivity index (χ1n) is 11.9. The van der Waals surface area contributed by atoms with Crippen LogP contribution in [0.15, 0.2) is 30.3 Å². The van der Waals surface area contributed by atoms with E-state index in [9.17, 15) is 9.59 Å². The zero-order chi connectivity index (χ0) is 22.3. The van der Waals surface area contributed by atoms with Crippen LogP contribution >= 0.6 is 0 Å². The highest BCUT2D eigenvalue weighted by Crippen LogP contribution is 2.25. The van der Waals surface area contributed by atoms with Gasteiger partial charge in [0.1, 0.15) is 5.75 Å². The van der Waals surface area contributed by atoms with E-state index in [0.717, 1.165) is 69.7 Å². The molecule has 0 spiro atoms. The van der Waals surface area contributed by atoms with Gasteiger partial charge < -0.3 is 9.64 Å². The molecule has 7 heteroatoms. The van der Waals surface area contributed by atoms with Crippen LogP contribution < -0.4 is 4.74 Å². The van der Waals surface area contributed by atoms with Gasteiger partial charge >= 0.3 is 0 Å². The third-order valence-electron chi connectivity index (χ3n) is 7.04. The molecule has 3 fully saturated rings. The van der Waals surface area contributed by atoms with Crippen molar-refractivity contribution in [3.63, 3.8) is 0 Å². The highest BCUT2D eigenvalue weighted by Gasteiger charge is 2.30. The van der Waals surface area contributed by atoms with Crippen LogP contribution in [0.2, 0.25) is 0 Å². The zero-order valence-corrected chi connectivity index (χ0v) is 19.2. The molecule has 1 aliphatic carbocycles. The Hall–Kier alpha value is -2.22. The molecule has 1 amide bonds. The van der Waals surface area contributed by atoms with Gasteiger partial charge in [0.2, 0.25) is 5.91 Å². The van der Waals surface area contributed by atoms with Crippen LogP contribution in [0.3, 0.4) is 0 Å². The number of carbonyl (C=O) groups excluding carboxylic acids is 2. The number of hydrogen-bond donors (Lipinski definition) is 0. The number of hydrogen-bond acceptors (Lipinski definition) is 6. The van der Waals surface area contributed by atoms with Gasteiger partial charge in [0.15, 0.2) is 5.78 Å². The van der Waals surface area contributed by atoms with Crippen LogP contribution in [0.4, 0.5) is 0 Å². The maximum Gasteiger partial charge on any atom is 0.236 e. The average Bonchev–Trinajstić information content (AvgIpc) is 2.78. The van der Waals surface area contributed by atoms with E-state index in [1.807, 2.05) is 35.2 Å².